The lowest BCUT2D eigenvalue weighted by atomic mass is 10.1. The largest absolute Gasteiger partial charge is 0.489 e. The Morgan fingerprint density at radius 3 is 2.80 bits per heavy atom. The molecule has 1 aliphatic heterocycles. The average Bonchev–Trinajstić information content (AvgIpc) is 2.31. The Labute approximate surface area is 89.4 Å². The summed E-state index contributed by atoms with van der Waals surface area (Å²) in [5.41, 5.74) is 6.35. The second-order valence-corrected chi connectivity index (χ2v) is 3.62. The van der Waals surface area contributed by atoms with Crippen LogP contribution in [-0.4, -0.2) is 24.3 Å². The third kappa shape index (κ3) is 2.91. The molecular formula is C11H16N2O2. The molecule has 0 bridgehead atoms. The van der Waals surface area contributed by atoms with Gasteiger partial charge in [0.15, 0.2) is 0 Å². The fourth-order valence-corrected chi connectivity index (χ4v) is 1.59. The molecule has 0 spiro atoms. The number of rotatable bonds is 3. The van der Waals surface area contributed by atoms with Gasteiger partial charge in [0.25, 0.3) is 0 Å². The van der Waals surface area contributed by atoms with Crippen molar-refractivity contribution in [2.75, 3.05) is 13.2 Å². The van der Waals surface area contributed by atoms with Crippen molar-refractivity contribution in [3.05, 3.63) is 24.0 Å². The van der Waals surface area contributed by atoms with Crippen LogP contribution in [0.3, 0.4) is 0 Å². The van der Waals surface area contributed by atoms with E-state index in [1.54, 1.807) is 6.20 Å². The highest BCUT2D eigenvalue weighted by atomic mass is 16.5. The van der Waals surface area contributed by atoms with E-state index in [1.807, 2.05) is 12.1 Å². The predicted molar refractivity (Wildman–Crippen MR) is 56.6 cm³/mol. The summed E-state index contributed by atoms with van der Waals surface area (Å²) in [4.78, 5) is 4.18. The summed E-state index contributed by atoms with van der Waals surface area (Å²) in [5.74, 6) is 0.819. The van der Waals surface area contributed by atoms with E-state index in [0.717, 1.165) is 37.5 Å². The van der Waals surface area contributed by atoms with Crippen LogP contribution >= 0.6 is 0 Å². The van der Waals surface area contributed by atoms with Crippen LogP contribution in [0.4, 0.5) is 0 Å². The van der Waals surface area contributed by atoms with Gasteiger partial charge in [0.1, 0.15) is 11.9 Å². The van der Waals surface area contributed by atoms with Crippen LogP contribution in [0.15, 0.2) is 18.3 Å². The molecule has 82 valence electrons. The Hall–Kier alpha value is -1.13. The van der Waals surface area contributed by atoms with Crippen molar-refractivity contribution in [1.29, 1.82) is 0 Å². The molecule has 1 fully saturated rings. The van der Waals surface area contributed by atoms with Crippen molar-refractivity contribution >= 4 is 0 Å². The van der Waals surface area contributed by atoms with E-state index < -0.39 is 0 Å². The second kappa shape index (κ2) is 5.09. The molecule has 1 aromatic rings. The van der Waals surface area contributed by atoms with Gasteiger partial charge in [-0.05, 0) is 12.1 Å². The first-order valence-corrected chi connectivity index (χ1v) is 5.28. The molecule has 0 aromatic carbocycles. The second-order valence-electron chi connectivity index (χ2n) is 3.62. The Bertz CT molecular complexity index is 294. The molecule has 15 heavy (non-hydrogen) atoms. The number of aromatic nitrogens is 1. The number of nitrogens with zero attached hydrogens (tertiary/aromatic N) is 1. The third-order valence-electron chi connectivity index (χ3n) is 2.48. The Kier molecular flexibility index (Phi) is 3.53. The van der Waals surface area contributed by atoms with Gasteiger partial charge >= 0.3 is 0 Å². The van der Waals surface area contributed by atoms with Gasteiger partial charge in [0.2, 0.25) is 0 Å². The number of nitrogens with two attached hydrogens (primary N) is 1. The van der Waals surface area contributed by atoms with E-state index in [1.165, 1.54) is 0 Å². The number of hydrogen-bond acceptors (Lipinski definition) is 4. The quantitative estimate of drug-likeness (QED) is 0.808. The van der Waals surface area contributed by atoms with Crippen LogP contribution in [-0.2, 0) is 11.3 Å². The van der Waals surface area contributed by atoms with Gasteiger partial charge in [-0.3, -0.25) is 4.98 Å². The third-order valence-corrected chi connectivity index (χ3v) is 2.48. The topological polar surface area (TPSA) is 57.4 Å². The Balaban J connectivity index is 1.91. The van der Waals surface area contributed by atoms with E-state index in [0.29, 0.717) is 6.54 Å². The zero-order valence-electron chi connectivity index (χ0n) is 8.69. The SMILES string of the molecule is NCc1ccc(OC2CCOCC2)cn1. The van der Waals surface area contributed by atoms with Crippen LogP contribution < -0.4 is 10.5 Å². The minimum Gasteiger partial charge on any atom is -0.489 e. The van der Waals surface area contributed by atoms with Crippen LogP contribution in [0.2, 0.25) is 0 Å². The molecule has 1 aliphatic rings. The Morgan fingerprint density at radius 1 is 1.40 bits per heavy atom. The standard InChI is InChI=1S/C11H16N2O2/c12-7-9-1-2-11(8-13-9)15-10-3-5-14-6-4-10/h1-2,8,10H,3-7,12H2. The average molecular weight is 208 g/mol. The highest BCUT2D eigenvalue weighted by molar-refractivity contribution is 5.20. The monoisotopic (exact) mass is 208 g/mol. The molecule has 1 aromatic heterocycles. The van der Waals surface area contributed by atoms with Gasteiger partial charge in [-0.25, -0.2) is 0 Å². The van der Waals surface area contributed by atoms with Gasteiger partial charge in [-0.15, -0.1) is 0 Å². The highest BCUT2D eigenvalue weighted by Crippen LogP contribution is 2.16. The van der Waals surface area contributed by atoms with Crippen LogP contribution in [0.5, 0.6) is 5.75 Å². The molecule has 0 saturated carbocycles. The summed E-state index contributed by atoms with van der Waals surface area (Å²) >= 11 is 0. The maximum absolute atomic E-state index is 5.77. The lowest BCUT2D eigenvalue weighted by Gasteiger charge is -2.23. The van der Waals surface area contributed by atoms with E-state index in [4.69, 9.17) is 15.2 Å². The lowest BCUT2D eigenvalue weighted by Crippen LogP contribution is -2.25. The molecule has 2 N–H and O–H groups in total. The van der Waals surface area contributed by atoms with Gasteiger partial charge in [-0.2, -0.15) is 0 Å². The van der Waals surface area contributed by atoms with Gasteiger partial charge < -0.3 is 15.2 Å². The van der Waals surface area contributed by atoms with E-state index in [-0.39, 0.29) is 6.10 Å². The van der Waals surface area contributed by atoms with Crippen LogP contribution in [0.1, 0.15) is 18.5 Å². The summed E-state index contributed by atoms with van der Waals surface area (Å²) < 4.78 is 11.0. The van der Waals surface area contributed by atoms with E-state index in [2.05, 4.69) is 4.98 Å². The Morgan fingerprint density at radius 2 is 2.20 bits per heavy atom. The van der Waals surface area contributed by atoms with Crippen LogP contribution in [0.25, 0.3) is 0 Å². The molecule has 0 unspecified atom stereocenters. The number of hydrogen-bond donors (Lipinski definition) is 1. The molecule has 2 rings (SSSR count). The zero-order chi connectivity index (χ0) is 10.5. The summed E-state index contributed by atoms with van der Waals surface area (Å²) in [6.45, 7) is 2.05. The molecule has 0 radical (unpaired) electrons. The van der Waals surface area contributed by atoms with E-state index in [9.17, 15) is 0 Å². The zero-order valence-corrected chi connectivity index (χ0v) is 8.69. The molecule has 4 nitrogen and oxygen atoms in total. The summed E-state index contributed by atoms with van der Waals surface area (Å²) in [5, 5.41) is 0. The molecule has 1 saturated heterocycles. The van der Waals surface area contributed by atoms with Crippen LogP contribution in [0, 0.1) is 0 Å². The fraction of sp³-hybridized carbons (Fsp3) is 0.545. The smallest absolute Gasteiger partial charge is 0.138 e. The minimum absolute atomic E-state index is 0.268. The van der Waals surface area contributed by atoms with Crippen molar-refractivity contribution in [2.24, 2.45) is 5.73 Å². The van der Waals surface area contributed by atoms with Crippen molar-refractivity contribution < 1.29 is 9.47 Å². The number of pyridine rings is 1. The summed E-state index contributed by atoms with van der Waals surface area (Å²) in [6, 6.07) is 3.82. The summed E-state index contributed by atoms with van der Waals surface area (Å²) in [7, 11) is 0. The van der Waals surface area contributed by atoms with Gasteiger partial charge in [0, 0.05) is 19.4 Å². The number of ether oxygens (including phenoxy) is 2. The maximum Gasteiger partial charge on any atom is 0.138 e. The first-order chi connectivity index (χ1) is 7.38. The lowest BCUT2D eigenvalue weighted by molar-refractivity contribution is 0.0254. The highest BCUT2D eigenvalue weighted by Gasteiger charge is 2.15. The maximum atomic E-state index is 5.77. The molecule has 4 heteroatoms. The van der Waals surface area contributed by atoms with Crippen molar-refractivity contribution in [3.63, 3.8) is 0 Å². The van der Waals surface area contributed by atoms with Crippen molar-refractivity contribution in [3.8, 4) is 5.75 Å². The van der Waals surface area contributed by atoms with Gasteiger partial charge in [-0.1, -0.05) is 0 Å². The molecule has 0 amide bonds. The molecule has 2 heterocycles. The normalized spacial score (nSPS) is 17.7. The summed E-state index contributed by atoms with van der Waals surface area (Å²) in [6.07, 6.45) is 3.92. The minimum atomic E-state index is 0.268. The predicted octanol–water partition coefficient (Wildman–Crippen LogP) is 1.10. The first-order valence-electron chi connectivity index (χ1n) is 5.28. The van der Waals surface area contributed by atoms with Gasteiger partial charge in [0.05, 0.1) is 25.1 Å². The fourth-order valence-electron chi connectivity index (χ4n) is 1.59. The first kappa shape index (κ1) is 10.4. The van der Waals surface area contributed by atoms with Crippen molar-refractivity contribution in [1.82, 2.24) is 4.98 Å². The molecule has 0 atom stereocenters. The molecule has 0 aliphatic carbocycles. The van der Waals surface area contributed by atoms with Crippen molar-refractivity contribution in [2.45, 2.75) is 25.5 Å². The van der Waals surface area contributed by atoms with E-state index >= 15 is 0 Å². The molecular weight excluding hydrogens is 192 g/mol.